The number of terminal acetylenes is 1. The smallest absolute Gasteiger partial charge is 0.0596 e. The van der Waals surface area contributed by atoms with Crippen LogP contribution in [-0.4, -0.2) is 50.1 Å². The van der Waals surface area contributed by atoms with Crippen LogP contribution in [0.25, 0.3) is 0 Å². The van der Waals surface area contributed by atoms with Gasteiger partial charge >= 0.3 is 0 Å². The second-order valence-corrected chi connectivity index (χ2v) is 3.82. The maximum absolute atomic E-state index is 5.23. The van der Waals surface area contributed by atoms with Gasteiger partial charge in [0.25, 0.3) is 0 Å². The summed E-state index contributed by atoms with van der Waals surface area (Å²) in [6.07, 6.45) is 6.55. The van der Waals surface area contributed by atoms with Crippen molar-refractivity contribution in [2.45, 2.75) is 6.42 Å². The van der Waals surface area contributed by atoms with Gasteiger partial charge in [-0.25, -0.2) is 0 Å². The van der Waals surface area contributed by atoms with Crippen molar-refractivity contribution in [1.29, 1.82) is 0 Å². The topological polar surface area (TPSA) is 6.48 Å². The van der Waals surface area contributed by atoms with E-state index >= 15 is 0 Å². The van der Waals surface area contributed by atoms with Crippen molar-refractivity contribution in [1.82, 2.24) is 9.80 Å². The molecule has 0 bridgehead atoms. The number of nitrogens with zero attached hydrogens (tertiary/aromatic N) is 2. The Morgan fingerprint density at radius 2 is 2.42 bits per heavy atom. The lowest BCUT2D eigenvalue weighted by molar-refractivity contribution is 0.298. The van der Waals surface area contributed by atoms with Crippen LogP contribution < -0.4 is 0 Å². The molecule has 0 aromatic rings. The van der Waals surface area contributed by atoms with Crippen LogP contribution in [0.4, 0.5) is 0 Å². The number of likely N-dealkylation sites (tertiary alicyclic amines) is 1. The summed E-state index contributed by atoms with van der Waals surface area (Å²) in [5, 5.41) is 0. The molecule has 1 rings (SSSR count). The zero-order valence-corrected chi connectivity index (χ0v) is 8.08. The predicted molar refractivity (Wildman–Crippen MR) is 51.9 cm³/mol. The largest absolute Gasteiger partial charge is 0.306 e. The van der Waals surface area contributed by atoms with Gasteiger partial charge < -0.3 is 4.90 Å². The Morgan fingerprint density at radius 3 is 2.92 bits per heavy atom. The molecule has 1 heterocycles. The molecule has 1 aliphatic rings. The van der Waals surface area contributed by atoms with E-state index in [1.807, 2.05) is 0 Å². The molecule has 0 N–H and O–H groups in total. The molecule has 0 aliphatic carbocycles. The molecule has 2 heteroatoms. The Balaban J connectivity index is 2.19. The van der Waals surface area contributed by atoms with Crippen molar-refractivity contribution < 1.29 is 0 Å². The SMILES string of the molecule is C#CCN(C)CC1CCN(C)C1. The molecule has 0 radical (unpaired) electrons. The van der Waals surface area contributed by atoms with E-state index in [9.17, 15) is 0 Å². The summed E-state index contributed by atoms with van der Waals surface area (Å²) in [6.45, 7) is 4.40. The van der Waals surface area contributed by atoms with Crippen LogP contribution in [0, 0.1) is 18.3 Å². The van der Waals surface area contributed by atoms with Crippen LogP contribution in [0.1, 0.15) is 6.42 Å². The molecule has 1 fully saturated rings. The molecule has 0 amide bonds. The fraction of sp³-hybridized carbons (Fsp3) is 0.800. The van der Waals surface area contributed by atoms with E-state index < -0.39 is 0 Å². The molecule has 1 aliphatic heterocycles. The van der Waals surface area contributed by atoms with Crippen LogP contribution in [-0.2, 0) is 0 Å². The van der Waals surface area contributed by atoms with Gasteiger partial charge in [0.2, 0.25) is 0 Å². The molecular formula is C10H18N2. The maximum atomic E-state index is 5.23. The summed E-state index contributed by atoms with van der Waals surface area (Å²) >= 11 is 0. The third-order valence-corrected chi connectivity index (χ3v) is 2.42. The van der Waals surface area contributed by atoms with Gasteiger partial charge in [-0.05, 0) is 33.0 Å². The first-order valence-electron chi connectivity index (χ1n) is 4.53. The normalized spacial score (nSPS) is 24.7. The lowest BCUT2D eigenvalue weighted by atomic mass is 10.1. The van der Waals surface area contributed by atoms with Gasteiger partial charge in [0.1, 0.15) is 0 Å². The minimum Gasteiger partial charge on any atom is -0.306 e. The van der Waals surface area contributed by atoms with Gasteiger partial charge in [0.15, 0.2) is 0 Å². The quantitative estimate of drug-likeness (QED) is 0.563. The highest BCUT2D eigenvalue weighted by atomic mass is 15.1. The highest BCUT2D eigenvalue weighted by Crippen LogP contribution is 2.14. The Bertz CT molecular complexity index is 171. The second kappa shape index (κ2) is 4.49. The van der Waals surface area contributed by atoms with E-state index in [1.165, 1.54) is 19.5 Å². The summed E-state index contributed by atoms with van der Waals surface area (Å²) in [5.74, 6) is 3.49. The number of rotatable bonds is 3. The first-order valence-corrected chi connectivity index (χ1v) is 4.53. The molecule has 0 saturated carbocycles. The van der Waals surface area contributed by atoms with Crippen molar-refractivity contribution in [2.24, 2.45) is 5.92 Å². The van der Waals surface area contributed by atoms with Crippen molar-refractivity contribution >= 4 is 0 Å². The lowest BCUT2D eigenvalue weighted by Crippen LogP contribution is -2.27. The summed E-state index contributed by atoms with van der Waals surface area (Å²) in [4.78, 5) is 4.61. The van der Waals surface area contributed by atoms with Crippen LogP contribution in [0.5, 0.6) is 0 Å². The number of hydrogen-bond donors (Lipinski definition) is 0. The average molecular weight is 166 g/mol. The Kier molecular flexibility index (Phi) is 3.58. The minimum atomic E-state index is 0.778. The Morgan fingerprint density at radius 1 is 1.67 bits per heavy atom. The summed E-state index contributed by atoms with van der Waals surface area (Å²) in [5.41, 5.74) is 0. The zero-order valence-electron chi connectivity index (χ0n) is 8.08. The van der Waals surface area contributed by atoms with E-state index in [-0.39, 0.29) is 0 Å². The molecule has 1 saturated heterocycles. The summed E-state index contributed by atoms with van der Waals surface area (Å²) in [7, 11) is 4.28. The standard InChI is InChI=1S/C10H18N2/c1-4-6-11(2)8-10-5-7-12(3)9-10/h1,10H,5-9H2,2-3H3. The minimum absolute atomic E-state index is 0.778. The van der Waals surface area contributed by atoms with Crippen molar-refractivity contribution in [2.75, 3.05) is 40.3 Å². The molecule has 0 aromatic carbocycles. The molecule has 12 heavy (non-hydrogen) atoms. The molecule has 68 valence electrons. The van der Waals surface area contributed by atoms with Crippen molar-refractivity contribution in [3.63, 3.8) is 0 Å². The third-order valence-electron chi connectivity index (χ3n) is 2.42. The van der Waals surface area contributed by atoms with Crippen molar-refractivity contribution in [3.05, 3.63) is 0 Å². The Labute approximate surface area is 75.5 Å². The first-order chi connectivity index (χ1) is 5.72. The lowest BCUT2D eigenvalue weighted by Gasteiger charge is -2.18. The average Bonchev–Trinajstić information content (AvgIpc) is 2.36. The zero-order chi connectivity index (χ0) is 8.97. The van der Waals surface area contributed by atoms with Crippen LogP contribution in [0.3, 0.4) is 0 Å². The molecule has 1 atom stereocenters. The molecule has 0 spiro atoms. The van der Waals surface area contributed by atoms with E-state index in [0.717, 1.165) is 19.0 Å². The van der Waals surface area contributed by atoms with Gasteiger partial charge in [-0.15, -0.1) is 6.42 Å². The van der Waals surface area contributed by atoms with Gasteiger partial charge in [-0.3, -0.25) is 4.90 Å². The maximum Gasteiger partial charge on any atom is 0.0596 e. The molecule has 2 nitrogen and oxygen atoms in total. The van der Waals surface area contributed by atoms with Crippen LogP contribution >= 0.6 is 0 Å². The third kappa shape index (κ3) is 2.84. The van der Waals surface area contributed by atoms with Gasteiger partial charge in [-0.2, -0.15) is 0 Å². The monoisotopic (exact) mass is 166 g/mol. The Hall–Kier alpha value is -0.520. The fourth-order valence-electron chi connectivity index (χ4n) is 1.84. The molecule has 0 aromatic heterocycles. The van der Waals surface area contributed by atoms with Crippen molar-refractivity contribution in [3.8, 4) is 12.3 Å². The van der Waals surface area contributed by atoms with E-state index in [1.54, 1.807) is 0 Å². The highest BCUT2D eigenvalue weighted by Gasteiger charge is 2.19. The second-order valence-electron chi connectivity index (χ2n) is 3.82. The first kappa shape index (κ1) is 9.57. The van der Waals surface area contributed by atoms with Gasteiger partial charge in [0.05, 0.1) is 6.54 Å². The summed E-state index contributed by atoms with van der Waals surface area (Å²) < 4.78 is 0. The summed E-state index contributed by atoms with van der Waals surface area (Å²) in [6, 6.07) is 0. The fourth-order valence-corrected chi connectivity index (χ4v) is 1.84. The van der Waals surface area contributed by atoms with E-state index in [4.69, 9.17) is 6.42 Å². The van der Waals surface area contributed by atoms with Gasteiger partial charge in [0, 0.05) is 13.1 Å². The van der Waals surface area contributed by atoms with Crippen LogP contribution in [0.15, 0.2) is 0 Å². The van der Waals surface area contributed by atoms with Crippen LogP contribution in [0.2, 0.25) is 0 Å². The molecule has 1 unspecified atom stereocenters. The van der Waals surface area contributed by atoms with Gasteiger partial charge in [-0.1, -0.05) is 5.92 Å². The highest BCUT2D eigenvalue weighted by molar-refractivity contribution is 4.88. The number of hydrogen-bond acceptors (Lipinski definition) is 2. The van der Waals surface area contributed by atoms with E-state index in [2.05, 4.69) is 29.8 Å². The predicted octanol–water partition coefficient (Wildman–Crippen LogP) is 0.503. The molecular weight excluding hydrogens is 148 g/mol. The van der Waals surface area contributed by atoms with E-state index in [0.29, 0.717) is 0 Å².